The molecule has 118 valence electrons. The van der Waals surface area contributed by atoms with Gasteiger partial charge in [-0.3, -0.25) is 4.98 Å². The van der Waals surface area contributed by atoms with Gasteiger partial charge in [0.1, 0.15) is 7.85 Å². The maximum absolute atomic E-state index is 13.9. The molecule has 0 spiro atoms. The van der Waals surface area contributed by atoms with Gasteiger partial charge in [-0.05, 0) is 6.07 Å². The van der Waals surface area contributed by atoms with Crippen LogP contribution in [0.5, 0.6) is 0 Å². The first-order valence-electron chi connectivity index (χ1n) is 7.29. The third-order valence-corrected chi connectivity index (χ3v) is 3.33. The molecule has 0 amide bonds. The number of hydrogen-bond donors (Lipinski definition) is 1. The van der Waals surface area contributed by atoms with Gasteiger partial charge in [0.25, 0.3) is 0 Å². The van der Waals surface area contributed by atoms with Crippen molar-refractivity contribution in [1.29, 1.82) is 0 Å². The molecule has 1 aliphatic rings. The predicted octanol–water partition coefficient (Wildman–Crippen LogP) is -0.448. The van der Waals surface area contributed by atoms with E-state index in [-0.39, 0.29) is 11.8 Å². The van der Waals surface area contributed by atoms with E-state index in [1.807, 2.05) is 24.9 Å². The van der Waals surface area contributed by atoms with Gasteiger partial charge in [0.15, 0.2) is 11.6 Å². The molecule has 0 aromatic carbocycles. The summed E-state index contributed by atoms with van der Waals surface area (Å²) in [6.45, 7) is 2.32. The number of pyridine rings is 1. The lowest BCUT2D eigenvalue weighted by atomic mass is 9.97. The van der Waals surface area contributed by atoms with Crippen molar-refractivity contribution in [3.05, 3.63) is 36.0 Å². The fraction of sp³-hybridized carbons (Fsp3) is 0.286. The van der Waals surface area contributed by atoms with Crippen LogP contribution in [0.4, 0.5) is 16.2 Å². The lowest BCUT2D eigenvalue weighted by Gasteiger charge is -2.27. The van der Waals surface area contributed by atoms with Gasteiger partial charge in [0.2, 0.25) is 5.95 Å². The van der Waals surface area contributed by atoms with Crippen LogP contribution in [-0.2, 0) is 4.74 Å². The molecule has 1 N–H and O–H groups in total. The van der Waals surface area contributed by atoms with Crippen LogP contribution in [0.1, 0.15) is 5.69 Å². The number of hydrazone groups is 1. The summed E-state index contributed by atoms with van der Waals surface area (Å²) in [5.74, 6) is 0.0354. The van der Waals surface area contributed by atoms with E-state index < -0.39 is 5.82 Å². The Balaban J connectivity index is 1.70. The number of morpholine rings is 1. The third kappa shape index (κ3) is 4.01. The molecule has 0 aliphatic carbocycles. The molecule has 3 heterocycles. The molecular weight excluding hydrogens is 298 g/mol. The van der Waals surface area contributed by atoms with Crippen LogP contribution in [0, 0.1) is 5.82 Å². The van der Waals surface area contributed by atoms with Gasteiger partial charge in [0, 0.05) is 19.3 Å². The van der Waals surface area contributed by atoms with Crippen LogP contribution in [0.3, 0.4) is 0 Å². The molecule has 23 heavy (non-hydrogen) atoms. The lowest BCUT2D eigenvalue weighted by Crippen LogP contribution is -2.37. The van der Waals surface area contributed by atoms with Crippen LogP contribution in [0.2, 0.25) is 0 Å². The molecule has 2 aromatic rings. The fourth-order valence-corrected chi connectivity index (χ4v) is 2.20. The van der Waals surface area contributed by atoms with Crippen LogP contribution in [-0.4, -0.2) is 55.3 Å². The molecular formula is C14H16BFN6O. The van der Waals surface area contributed by atoms with Gasteiger partial charge >= 0.3 is 0 Å². The molecule has 0 atom stereocenters. The molecule has 9 heteroatoms. The molecule has 0 unspecified atom stereocenters. The Bertz CT molecular complexity index is 707. The summed E-state index contributed by atoms with van der Waals surface area (Å²) >= 11 is 0. The summed E-state index contributed by atoms with van der Waals surface area (Å²) in [4.78, 5) is 14.1. The number of nitrogens with zero attached hydrogens (tertiary/aromatic N) is 5. The van der Waals surface area contributed by atoms with E-state index in [0.29, 0.717) is 32.0 Å². The largest absolute Gasteiger partial charge is 0.378 e. The molecule has 1 saturated heterocycles. The summed E-state index contributed by atoms with van der Waals surface area (Å²) in [6.07, 6.45) is 4.41. The van der Waals surface area contributed by atoms with Gasteiger partial charge in [-0.2, -0.15) is 10.1 Å². The lowest BCUT2D eigenvalue weighted by molar-refractivity contribution is 0.122. The Hall–Kier alpha value is -2.55. The molecule has 0 bridgehead atoms. The molecule has 0 radical (unpaired) electrons. The average Bonchev–Trinajstić information content (AvgIpc) is 2.57. The number of hydrogen-bond acceptors (Lipinski definition) is 7. The fourth-order valence-electron chi connectivity index (χ4n) is 2.20. The van der Waals surface area contributed by atoms with Crippen molar-refractivity contribution in [3.8, 4) is 0 Å². The second-order valence-corrected chi connectivity index (χ2v) is 5.09. The summed E-state index contributed by atoms with van der Waals surface area (Å²) in [6, 6.07) is 3.80. The van der Waals surface area contributed by atoms with Crippen LogP contribution in [0.15, 0.2) is 29.6 Å². The van der Waals surface area contributed by atoms with Gasteiger partial charge in [-0.15, -0.1) is 0 Å². The van der Waals surface area contributed by atoms with E-state index in [2.05, 4.69) is 25.5 Å². The zero-order valence-electron chi connectivity index (χ0n) is 12.7. The minimum atomic E-state index is -0.457. The van der Waals surface area contributed by atoms with E-state index in [9.17, 15) is 4.39 Å². The van der Waals surface area contributed by atoms with E-state index >= 15 is 0 Å². The minimum Gasteiger partial charge on any atom is -0.378 e. The second kappa shape index (κ2) is 7.14. The maximum Gasteiger partial charge on any atom is 0.245 e. The Morgan fingerprint density at radius 2 is 2.17 bits per heavy atom. The van der Waals surface area contributed by atoms with Crippen LogP contribution < -0.4 is 15.8 Å². The number of ether oxygens (including phenoxy) is 1. The first kappa shape index (κ1) is 15.4. The van der Waals surface area contributed by atoms with Gasteiger partial charge in [-0.1, -0.05) is 11.5 Å². The van der Waals surface area contributed by atoms with Crippen molar-refractivity contribution in [2.24, 2.45) is 5.10 Å². The van der Waals surface area contributed by atoms with Gasteiger partial charge in [0.05, 0.1) is 31.3 Å². The maximum atomic E-state index is 13.9. The average molecular weight is 314 g/mol. The van der Waals surface area contributed by atoms with Crippen LogP contribution in [0.25, 0.3) is 0 Å². The topological polar surface area (TPSA) is 75.5 Å². The van der Waals surface area contributed by atoms with Crippen LogP contribution >= 0.6 is 0 Å². The Labute approximate surface area is 134 Å². The normalized spacial score (nSPS) is 15.1. The number of anilines is 2. The third-order valence-electron chi connectivity index (χ3n) is 3.33. The highest BCUT2D eigenvalue weighted by atomic mass is 19.1. The molecule has 2 aromatic heterocycles. The summed E-state index contributed by atoms with van der Waals surface area (Å²) in [5.41, 5.74) is 4.51. The number of aromatic nitrogens is 3. The van der Waals surface area contributed by atoms with Crippen molar-refractivity contribution in [2.75, 3.05) is 36.6 Å². The van der Waals surface area contributed by atoms with Crippen molar-refractivity contribution in [1.82, 2.24) is 15.0 Å². The predicted molar refractivity (Wildman–Crippen MR) is 88.7 cm³/mol. The number of rotatable bonds is 4. The molecule has 3 rings (SSSR count). The van der Waals surface area contributed by atoms with Crippen molar-refractivity contribution >= 4 is 31.3 Å². The summed E-state index contributed by atoms with van der Waals surface area (Å²) in [7, 11) is 1.98. The van der Waals surface area contributed by atoms with Crippen molar-refractivity contribution in [3.63, 3.8) is 0 Å². The Morgan fingerprint density at radius 1 is 1.35 bits per heavy atom. The molecule has 1 fully saturated rings. The highest BCUT2D eigenvalue weighted by molar-refractivity contribution is 6.32. The van der Waals surface area contributed by atoms with E-state index in [4.69, 9.17) is 4.74 Å². The first-order valence-corrected chi connectivity index (χ1v) is 7.29. The standard InChI is InChI=1S/C14H16BFN6O/c15-10-1-2-17-11(7-10)8-19-21-14-18-9-12(16)13(20-14)22-3-5-23-6-4-22/h1-2,7-9H,3-6,15H2,(H,18,20,21)/b19-8+. The summed E-state index contributed by atoms with van der Waals surface area (Å²) in [5, 5.41) is 4.04. The SMILES string of the molecule is Bc1ccnc(/C=N/Nc2ncc(F)c(N3CCOCC3)n2)c1. The molecule has 1 aliphatic heterocycles. The smallest absolute Gasteiger partial charge is 0.245 e. The Kier molecular flexibility index (Phi) is 4.77. The molecule has 0 saturated carbocycles. The van der Waals surface area contributed by atoms with Crippen molar-refractivity contribution < 1.29 is 9.13 Å². The first-order chi connectivity index (χ1) is 11.2. The van der Waals surface area contributed by atoms with E-state index in [0.717, 1.165) is 11.7 Å². The highest BCUT2D eigenvalue weighted by Gasteiger charge is 2.17. The van der Waals surface area contributed by atoms with Gasteiger partial charge < -0.3 is 9.64 Å². The number of halogens is 1. The highest BCUT2D eigenvalue weighted by Crippen LogP contribution is 2.18. The number of nitrogens with one attached hydrogen (secondary N) is 1. The molecule has 7 nitrogen and oxygen atoms in total. The summed E-state index contributed by atoms with van der Waals surface area (Å²) < 4.78 is 19.2. The minimum absolute atomic E-state index is 0.233. The zero-order valence-corrected chi connectivity index (χ0v) is 12.7. The monoisotopic (exact) mass is 314 g/mol. The Morgan fingerprint density at radius 3 is 2.96 bits per heavy atom. The van der Waals surface area contributed by atoms with Gasteiger partial charge in [-0.25, -0.2) is 14.8 Å². The zero-order chi connectivity index (χ0) is 16.1. The second-order valence-electron chi connectivity index (χ2n) is 5.09. The quantitative estimate of drug-likeness (QED) is 0.468. The van der Waals surface area contributed by atoms with E-state index in [1.54, 1.807) is 12.4 Å². The van der Waals surface area contributed by atoms with Crippen molar-refractivity contribution in [2.45, 2.75) is 0 Å². The van der Waals surface area contributed by atoms with E-state index in [1.165, 1.54) is 0 Å².